The van der Waals surface area contributed by atoms with Gasteiger partial charge in [-0.25, -0.2) is 0 Å². The number of nitrogens with one attached hydrogen (secondary N) is 1. The minimum absolute atomic E-state index is 0.000275. The summed E-state index contributed by atoms with van der Waals surface area (Å²) in [6, 6.07) is 12.9. The number of carbonyl (C=O) groups is 2. The van der Waals surface area contributed by atoms with Crippen molar-refractivity contribution in [2.24, 2.45) is 0 Å². The Kier molecular flexibility index (Phi) is 6.13. The molecule has 2 aromatic carbocycles. The quantitative estimate of drug-likeness (QED) is 0.804. The molecule has 1 fully saturated rings. The molecule has 2 aliphatic rings. The molecule has 2 aliphatic heterocycles. The molecule has 30 heavy (non-hydrogen) atoms. The fourth-order valence-electron chi connectivity index (χ4n) is 4.00. The van der Waals surface area contributed by atoms with Crippen LogP contribution in [-0.4, -0.2) is 49.0 Å². The van der Waals surface area contributed by atoms with Crippen molar-refractivity contribution >= 4 is 34.8 Å². The second kappa shape index (κ2) is 8.96. The molecule has 1 unspecified atom stereocenters. The lowest BCUT2D eigenvalue weighted by molar-refractivity contribution is -0.139. The number of likely N-dealkylation sites (tertiary alicyclic amines) is 1. The van der Waals surface area contributed by atoms with Crippen LogP contribution in [0.5, 0.6) is 5.75 Å². The van der Waals surface area contributed by atoms with Crippen LogP contribution in [0.4, 0.5) is 11.4 Å². The molecule has 1 N–H and O–H groups in total. The predicted octanol–water partition coefficient (Wildman–Crippen LogP) is 3.87. The summed E-state index contributed by atoms with van der Waals surface area (Å²) in [6.45, 7) is 3.93. The standard InChI is InChI=1S/C23H26ClN3O3/c1-16-9-10-17(24)13-18(16)25-22(28)15-27-14-21(23(29)26-11-5-2-6-12-26)30-20-8-4-3-7-19(20)27/h3-4,7-10,13,21H,2,5-6,11-12,14-15H2,1H3,(H,25,28). The van der Waals surface area contributed by atoms with Crippen molar-refractivity contribution in [1.82, 2.24) is 4.90 Å². The number of ether oxygens (including phenoxy) is 1. The van der Waals surface area contributed by atoms with Gasteiger partial charge in [0.1, 0.15) is 5.75 Å². The average molecular weight is 428 g/mol. The van der Waals surface area contributed by atoms with E-state index in [2.05, 4.69) is 5.32 Å². The van der Waals surface area contributed by atoms with E-state index in [1.54, 1.807) is 12.1 Å². The highest BCUT2D eigenvalue weighted by atomic mass is 35.5. The molecule has 2 aromatic rings. The molecule has 1 saturated heterocycles. The molecule has 4 rings (SSSR count). The Bertz CT molecular complexity index is 943. The number of anilines is 2. The van der Waals surface area contributed by atoms with E-state index in [0.29, 0.717) is 23.0 Å². The first kappa shape index (κ1) is 20.5. The van der Waals surface area contributed by atoms with Crippen molar-refractivity contribution < 1.29 is 14.3 Å². The van der Waals surface area contributed by atoms with E-state index in [1.807, 2.05) is 47.1 Å². The molecule has 0 spiro atoms. The number of rotatable bonds is 4. The first-order chi connectivity index (χ1) is 14.5. The van der Waals surface area contributed by atoms with Crippen LogP contribution in [0.3, 0.4) is 0 Å². The fraction of sp³-hybridized carbons (Fsp3) is 0.391. The Morgan fingerprint density at radius 3 is 2.70 bits per heavy atom. The zero-order valence-corrected chi connectivity index (χ0v) is 17.8. The van der Waals surface area contributed by atoms with Gasteiger partial charge in [0, 0.05) is 23.8 Å². The molecule has 0 radical (unpaired) electrons. The molecule has 158 valence electrons. The molecule has 0 saturated carbocycles. The average Bonchev–Trinajstić information content (AvgIpc) is 2.76. The van der Waals surface area contributed by atoms with Crippen molar-refractivity contribution in [3.05, 3.63) is 53.1 Å². The number of hydrogen-bond acceptors (Lipinski definition) is 4. The van der Waals surface area contributed by atoms with E-state index in [4.69, 9.17) is 16.3 Å². The molecule has 2 amide bonds. The lowest BCUT2D eigenvalue weighted by atomic mass is 10.1. The number of para-hydroxylation sites is 2. The molecule has 0 aromatic heterocycles. The molecule has 1 atom stereocenters. The van der Waals surface area contributed by atoms with E-state index in [9.17, 15) is 9.59 Å². The number of aryl methyl sites for hydroxylation is 1. The van der Waals surface area contributed by atoms with Gasteiger partial charge in [-0.2, -0.15) is 0 Å². The van der Waals surface area contributed by atoms with Crippen LogP contribution in [-0.2, 0) is 9.59 Å². The summed E-state index contributed by atoms with van der Waals surface area (Å²) in [7, 11) is 0. The monoisotopic (exact) mass is 427 g/mol. The summed E-state index contributed by atoms with van der Waals surface area (Å²) in [5.74, 6) is 0.465. The number of hydrogen-bond donors (Lipinski definition) is 1. The summed E-state index contributed by atoms with van der Waals surface area (Å²) in [4.78, 5) is 29.6. The minimum atomic E-state index is -0.612. The number of nitrogens with zero attached hydrogens (tertiary/aromatic N) is 2. The number of amides is 2. The highest BCUT2D eigenvalue weighted by molar-refractivity contribution is 6.31. The van der Waals surface area contributed by atoms with Crippen molar-refractivity contribution in [2.45, 2.75) is 32.3 Å². The Hall–Kier alpha value is -2.73. The second-order valence-electron chi connectivity index (χ2n) is 7.85. The zero-order chi connectivity index (χ0) is 21.1. The van der Waals surface area contributed by atoms with Crippen molar-refractivity contribution in [3.63, 3.8) is 0 Å². The third-order valence-electron chi connectivity index (χ3n) is 5.61. The number of fused-ring (bicyclic) bond motifs is 1. The van der Waals surface area contributed by atoms with E-state index in [-0.39, 0.29) is 18.4 Å². The zero-order valence-electron chi connectivity index (χ0n) is 17.1. The van der Waals surface area contributed by atoms with Crippen LogP contribution in [0.1, 0.15) is 24.8 Å². The largest absolute Gasteiger partial charge is 0.477 e. The maximum absolute atomic E-state index is 13.0. The molecule has 0 bridgehead atoms. The van der Waals surface area contributed by atoms with Gasteiger partial charge in [-0.3, -0.25) is 9.59 Å². The summed E-state index contributed by atoms with van der Waals surface area (Å²) in [5.41, 5.74) is 2.45. The molecule has 0 aliphatic carbocycles. The maximum Gasteiger partial charge on any atom is 0.265 e. The van der Waals surface area contributed by atoms with Gasteiger partial charge in [0.15, 0.2) is 6.10 Å². The van der Waals surface area contributed by atoms with Crippen LogP contribution in [0.15, 0.2) is 42.5 Å². The minimum Gasteiger partial charge on any atom is -0.477 e. The van der Waals surface area contributed by atoms with Gasteiger partial charge in [-0.1, -0.05) is 29.8 Å². The van der Waals surface area contributed by atoms with E-state index < -0.39 is 6.10 Å². The first-order valence-electron chi connectivity index (χ1n) is 10.4. The van der Waals surface area contributed by atoms with Crippen LogP contribution in [0.2, 0.25) is 5.02 Å². The number of carbonyl (C=O) groups excluding carboxylic acids is 2. The number of benzene rings is 2. The lowest BCUT2D eigenvalue weighted by Crippen LogP contribution is -2.52. The van der Waals surface area contributed by atoms with Gasteiger partial charge in [0.25, 0.3) is 5.91 Å². The van der Waals surface area contributed by atoms with Gasteiger partial charge >= 0.3 is 0 Å². The van der Waals surface area contributed by atoms with Crippen LogP contribution < -0.4 is 15.0 Å². The van der Waals surface area contributed by atoms with Gasteiger partial charge in [0.05, 0.1) is 18.8 Å². The second-order valence-corrected chi connectivity index (χ2v) is 8.28. The topological polar surface area (TPSA) is 61.9 Å². The first-order valence-corrected chi connectivity index (χ1v) is 10.7. The van der Waals surface area contributed by atoms with E-state index in [1.165, 1.54) is 0 Å². The van der Waals surface area contributed by atoms with Crippen molar-refractivity contribution in [3.8, 4) is 5.75 Å². The third-order valence-corrected chi connectivity index (χ3v) is 5.85. The van der Waals surface area contributed by atoms with E-state index in [0.717, 1.165) is 43.6 Å². The molecule has 2 heterocycles. The SMILES string of the molecule is Cc1ccc(Cl)cc1NC(=O)CN1CC(C(=O)N2CCCCC2)Oc2ccccc21. The Morgan fingerprint density at radius 1 is 1.13 bits per heavy atom. The Balaban J connectivity index is 1.50. The number of piperidine rings is 1. The lowest BCUT2D eigenvalue weighted by Gasteiger charge is -2.38. The summed E-state index contributed by atoms with van der Waals surface area (Å²) in [6.07, 6.45) is 2.60. The summed E-state index contributed by atoms with van der Waals surface area (Å²) >= 11 is 6.07. The maximum atomic E-state index is 13.0. The van der Waals surface area contributed by atoms with Gasteiger partial charge in [0.2, 0.25) is 5.91 Å². The van der Waals surface area contributed by atoms with Crippen LogP contribution in [0, 0.1) is 6.92 Å². The summed E-state index contributed by atoms with van der Waals surface area (Å²) in [5, 5.41) is 3.50. The number of halogens is 1. The van der Waals surface area contributed by atoms with Crippen LogP contribution in [0.25, 0.3) is 0 Å². The molecular weight excluding hydrogens is 402 g/mol. The predicted molar refractivity (Wildman–Crippen MR) is 118 cm³/mol. The molecule has 7 heteroatoms. The smallest absolute Gasteiger partial charge is 0.265 e. The highest BCUT2D eigenvalue weighted by Crippen LogP contribution is 2.33. The van der Waals surface area contributed by atoms with Crippen molar-refractivity contribution in [1.29, 1.82) is 0 Å². The fourth-order valence-corrected chi connectivity index (χ4v) is 4.17. The third kappa shape index (κ3) is 4.54. The van der Waals surface area contributed by atoms with Gasteiger partial charge in [-0.15, -0.1) is 0 Å². The summed E-state index contributed by atoms with van der Waals surface area (Å²) < 4.78 is 6.03. The van der Waals surface area contributed by atoms with Gasteiger partial charge in [-0.05, 0) is 56.0 Å². The molecular formula is C23H26ClN3O3. The van der Waals surface area contributed by atoms with Crippen LogP contribution >= 0.6 is 11.6 Å². The Labute approximate surface area is 181 Å². The van der Waals surface area contributed by atoms with Gasteiger partial charge < -0.3 is 19.9 Å². The highest BCUT2D eigenvalue weighted by Gasteiger charge is 2.34. The van der Waals surface area contributed by atoms with Crippen molar-refractivity contribution in [2.75, 3.05) is 36.4 Å². The normalized spacial score (nSPS) is 18.4. The Morgan fingerprint density at radius 2 is 1.90 bits per heavy atom. The molecule has 6 nitrogen and oxygen atoms in total. The van der Waals surface area contributed by atoms with E-state index >= 15 is 0 Å².